The summed E-state index contributed by atoms with van der Waals surface area (Å²) in [5, 5.41) is 8.79. The van der Waals surface area contributed by atoms with Crippen LogP contribution in [0, 0.1) is 23.2 Å². The van der Waals surface area contributed by atoms with Gasteiger partial charge in [0.25, 0.3) is 0 Å². The maximum Gasteiger partial charge on any atom is 0.226 e. The van der Waals surface area contributed by atoms with Crippen LogP contribution in [0.5, 0.6) is 5.88 Å². The highest BCUT2D eigenvalue weighted by molar-refractivity contribution is 5.81. The van der Waals surface area contributed by atoms with Crippen molar-refractivity contribution in [1.29, 1.82) is 5.26 Å². The molecule has 128 valence electrons. The van der Waals surface area contributed by atoms with E-state index in [-0.39, 0.29) is 17.7 Å². The van der Waals surface area contributed by atoms with Gasteiger partial charge in [0.1, 0.15) is 6.07 Å². The van der Waals surface area contributed by atoms with Crippen LogP contribution in [0.2, 0.25) is 0 Å². The van der Waals surface area contributed by atoms with Crippen molar-refractivity contribution in [3.05, 3.63) is 23.9 Å². The maximum absolute atomic E-state index is 12.6. The first-order valence-corrected chi connectivity index (χ1v) is 8.98. The Kier molecular flexibility index (Phi) is 5.34. The van der Waals surface area contributed by atoms with Crippen LogP contribution in [0.1, 0.15) is 51.0 Å². The summed E-state index contributed by atoms with van der Waals surface area (Å²) in [5.41, 5.74) is 0.520. The molecule has 1 saturated carbocycles. The first-order valence-electron chi connectivity index (χ1n) is 8.98. The smallest absolute Gasteiger partial charge is 0.226 e. The Morgan fingerprint density at radius 2 is 2.04 bits per heavy atom. The van der Waals surface area contributed by atoms with E-state index in [1.807, 2.05) is 13.0 Å². The summed E-state index contributed by atoms with van der Waals surface area (Å²) in [4.78, 5) is 18.9. The molecule has 1 saturated heterocycles. The molecule has 1 aromatic rings. The number of nitriles is 1. The Labute approximate surface area is 143 Å². The zero-order chi connectivity index (χ0) is 16.9. The van der Waals surface area contributed by atoms with Crippen molar-refractivity contribution >= 4 is 5.91 Å². The molecule has 3 rings (SSSR count). The van der Waals surface area contributed by atoms with Crippen LogP contribution < -0.4 is 4.74 Å². The van der Waals surface area contributed by atoms with Gasteiger partial charge in [-0.3, -0.25) is 4.79 Å². The molecular formula is C19H25N3O2. The van der Waals surface area contributed by atoms with Gasteiger partial charge in [0.2, 0.25) is 11.8 Å². The molecule has 0 spiro atoms. The summed E-state index contributed by atoms with van der Waals surface area (Å²) in [7, 11) is 0. The van der Waals surface area contributed by atoms with Crippen LogP contribution in [-0.4, -0.2) is 35.0 Å². The van der Waals surface area contributed by atoms with Crippen molar-refractivity contribution in [2.45, 2.75) is 51.5 Å². The average Bonchev–Trinajstić information content (AvgIpc) is 2.81. The summed E-state index contributed by atoms with van der Waals surface area (Å²) in [5.74, 6) is 1.01. The van der Waals surface area contributed by atoms with E-state index in [1.54, 1.807) is 12.1 Å². The zero-order valence-electron chi connectivity index (χ0n) is 14.3. The molecule has 0 unspecified atom stereocenters. The largest absolute Gasteiger partial charge is 0.477 e. The second-order valence-electron chi connectivity index (χ2n) is 6.99. The molecule has 5 nitrogen and oxygen atoms in total. The van der Waals surface area contributed by atoms with Gasteiger partial charge in [-0.05, 0) is 18.9 Å². The monoisotopic (exact) mass is 327 g/mol. The Balaban J connectivity index is 1.58. The van der Waals surface area contributed by atoms with E-state index in [9.17, 15) is 4.79 Å². The number of pyridine rings is 1. The van der Waals surface area contributed by atoms with Gasteiger partial charge in [-0.1, -0.05) is 32.6 Å². The number of aromatic nitrogens is 1. The number of amides is 1. The third-order valence-electron chi connectivity index (χ3n) is 5.39. The molecule has 0 radical (unpaired) electrons. The van der Waals surface area contributed by atoms with Crippen LogP contribution in [0.3, 0.4) is 0 Å². The van der Waals surface area contributed by atoms with Gasteiger partial charge < -0.3 is 9.64 Å². The van der Waals surface area contributed by atoms with Crippen LogP contribution >= 0.6 is 0 Å². The topological polar surface area (TPSA) is 66.2 Å². The molecule has 2 aliphatic rings. The van der Waals surface area contributed by atoms with Gasteiger partial charge in [-0.15, -0.1) is 0 Å². The van der Waals surface area contributed by atoms with Crippen molar-refractivity contribution in [2.24, 2.45) is 11.8 Å². The third kappa shape index (κ3) is 3.69. The minimum absolute atomic E-state index is 0.00614. The van der Waals surface area contributed by atoms with Gasteiger partial charge in [0.15, 0.2) is 0 Å². The van der Waals surface area contributed by atoms with Crippen LogP contribution in [0.4, 0.5) is 0 Å². The summed E-state index contributed by atoms with van der Waals surface area (Å²) < 4.78 is 5.77. The van der Waals surface area contributed by atoms with E-state index in [1.165, 1.54) is 31.9 Å². The van der Waals surface area contributed by atoms with E-state index in [0.29, 0.717) is 24.1 Å². The molecule has 0 bridgehead atoms. The first-order chi connectivity index (χ1) is 11.7. The van der Waals surface area contributed by atoms with E-state index in [4.69, 9.17) is 10.00 Å². The molecule has 0 aromatic carbocycles. The van der Waals surface area contributed by atoms with Crippen molar-refractivity contribution in [2.75, 3.05) is 13.2 Å². The summed E-state index contributed by atoms with van der Waals surface area (Å²) in [6.45, 7) is 3.30. The molecule has 2 heterocycles. The summed E-state index contributed by atoms with van der Waals surface area (Å²) in [6, 6.07) is 5.87. The van der Waals surface area contributed by atoms with Gasteiger partial charge in [-0.2, -0.15) is 5.26 Å². The molecule has 24 heavy (non-hydrogen) atoms. The SMILES string of the molecule is C[C@H]1C(=O)N(C2CCCCCC2)C[C@@H]1COc1ccc(C#N)cn1. The standard InChI is InChI=1S/C19H25N3O2/c1-14-16(13-24-18-9-8-15(10-20)11-21-18)12-22(19(14)23)17-6-4-2-3-5-7-17/h8-9,11,14,16-17H,2-7,12-13H2,1H3/t14-,16-/m1/s1. The van der Waals surface area contributed by atoms with Crippen molar-refractivity contribution in [3.8, 4) is 11.9 Å². The Morgan fingerprint density at radius 3 is 2.67 bits per heavy atom. The molecular weight excluding hydrogens is 302 g/mol. The van der Waals surface area contributed by atoms with E-state index >= 15 is 0 Å². The van der Waals surface area contributed by atoms with Crippen molar-refractivity contribution < 1.29 is 9.53 Å². The number of nitrogens with zero attached hydrogens (tertiary/aromatic N) is 3. The highest BCUT2D eigenvalue weighted by Crippen LogP contribution is 2.31. The molecule has 5 heteroatoms. The highest BCUT2D eigenvalue weighted by atomic mass is 16.5. The lowest BCUT2D eigenvalue weighted by atomic mass is 9.99. The molecule has 2 fully saturated rings. The van der Waals surface area contributed by atoms with Crippen LogP contribution in [-0.2, 0) is 4.79 Å². The fourth-order valence-electron chi connectivity index (χ4n) is 3.78. The van der Waals surface area contributed by atoms with Crippen molar-refractivity contribution in [1.82, 2.24) is 9.88 Å². The lowest BCUT2D eigenvalue weighted by Gasteiger charge is -2.27. The second-order valence-corrected chi connectivity index (χ2v) is 6.99. The molecule has 2 atom stereocenters. The van der Waals surface area contributed by atoms with Gasteiger partial charge in [0.05, 0.1) is 12.2 Å². The third-order valence-corrected chi connectivity index (χ3v) is 5.39. The van der Waals surface area contributed by atoms with E-state index < -0.39 is 0 Å². The maximum atomic E-state index is 12.6. The predicted molar refractivity (Wildman–Crippen MR) is 90.3 cm³/mol. The Bertz CT molecular complexity index is 600. The minimum atomic E-state index is 0.00614. The number of hydrogen-bond acceptors (Lipinski definition) is 4. The normalized spacial score (nSPS) is 25.3. The Hall–Kier alpha value is -2.09. The van der Waals surface area contributed by atoms with E-state index in [0.717, 1.165) is 19.4 Å². The molecule has 1 aliphatic heterocycles. The number of carbonyl (C=O) groups excluding carboxylic acids is 1. The fraction of sp³-hybridized carbons (Fsp3) is 0.632. The molecule has 1 aliphatic carbocycles. The highest BCUT2D eigenvalue weighted by Gasteiger charge is 2.40. The zero-order valence-corrected chi connectivity index (χ0v) is 14.3. The lowest BCUT2D eigenvalue weighted by Crippen LogP contribution is -2.37. The number of rotatable bonds is 4. The van der Waals surface area contributed by atoms with Gasteiger partial charge in [-0.25, -0.2) is 4.98 Å². The number of hydrogen-bond donors (Lipinski definition) is 0. The lowest BCUT2D eigenvalue weighted by molar-refractivity contribution is -0.132. The number of likely N-dealkylation sites (tertiary alicyclic amines) is 1. The van der Waals surface area contributed by atoms with Gasteiger partial charge >= 0.3 is 0 Å². The van der Waals surface area contributed by atoms with Gasteiger partial charge in [0, 0.05) is 36.7 Å². The molecule has 1 amide bonds. The molecule has 0 N–H and O–H groups in total. The summed E-state index contributed by atoms with van der Waals surface area (Å²) in [6.07, 6.45) is 8.86. The quantitative estimate of drug-likeness (QED) is 0.797. The Morgan fingerprint density at radius 1 is 1.29 bits per heavy atom. The van der Waals surface area contributed by atoms with Crippen LogP contribution in [0.15, 0.2) is 18.3 Å². The van der Waals surface area contributed by atoms with Crippen molar-refractivity contribution in [3.63, 3.8) is 0 Å². The predicted octanol–water partition coefficient (Wildman–Crippen LogP) is 3.15. The number of carbonyl (C=O) groups is 1. The first kappa shape index (κ1) is 16.8. The average molecular weight is 327 g/mol. The number of ether oxygens (including phenoxy) is 1. The minimum Gasteiger partial charge on any atom is -0.477 e. The second kappa shape index (κ2) is 7.65. The van der Waals surface area contributed by atoms with Crippen LogP contribution in [0.25, 0.3) is 0 Å². The summed E-state index contributed by atoms with van der Waals surface area (Å²) >= 11 is 0. The fourth-order valence-corrected chi connectivity index (χ4v) is 3.78. The van der Waals surface area contributed by atoms with E-state index in [2.05, 4.69) is 9.88 Å². The molecule has 1 aromatic heterocycles.